The van der Waals surface area contributed by atoms with Crippen molar-refractivity contribution in [2.24, 2.45) is 0 Å². The van der Waals surface area contributed by atoms with Gasteiger partial charge in [-0.2, -0.15) is 0 Å². The van der Waals surface area contributed by atoms with Gasteiger partial charge in [-0.1, -0.05) is 90.5 Å². The van der Waals surface area contributed by atoms with Gasteiger partial charge in [0.15, 0.2) is 5.78 Å². The molecule has 1 heteroatoms. The number of hydrogen-bond acceptors (Lipinski definition) is 1. The molecule has 0 unspecified atom stereocenters. The van der Waals surface area contributed by atoms with Crippen LogP contribution >= 0.6 is 0 Å². The van der Waals surface area contributed by atoms with Crippen molar-refractivity contribution < 1.29 is 4.79 Å². The normalized spacial score (nSPS) is 10.6. The number of carbonyl (C=O) groups excluding carboxylic acids is 1. The highest BCUT2D eigenvalue weighted by Gasteiger charge is 2.13. The summed E-state index contributed by atoms with van der Waals surface area (Å²) in [4.78, 5) is 13.1. The maximum absolute atomic E-state index is 13.1. The molecule has 0 aliphatic heterocycles. The second-order valence-corrected chi connectivity index (χ2v) is 6.73. The number of aryl methyl sites for hydroxylation is 1. The summed E-state index contributed by atoms with van der Waals surface area (Å²) in [5, 5.41) is 0. The van der Waals surface area contributed by atoms with Gasteiger partial charge >= 0.3 is 0 Å². The molecule has 0 saturated carbocycles. The van der Waals surface area contributed by atoms with Crippen molar-refractivity contribution in [1.82, 2.24) is 0 Å². The molecule has 0 fully saturated rings. The molecule has 0 radical (unpaired) electrons. The van der Waals surface area contributed by atoms with Gasteiger partial charge in [0.2, 0.25) is 0 Å². The first-order valence-electron chi connectivity index (χ1n) is 9.08. The molecule has 0 atom stereocenters. The summed E-state index contributed by atoms with van der Waals surface area (Å²) in [6.07, 6.45) is 0. The molecule has 0 aliphatic rings. The first-order chi connectivity index (χ1) is 13.2. The lowest BCUT2D eigenvalue weighted by molar-refractivity contribution is 0.103. The van der Waals surface area contributed by atoms with Crippen LogP contribution in [0.4, 0.5) is 0 Å². The van der Waals surface area contributed by atoms with E-state index in [1.807, 2.05) is 79.7 Å². The largest absolute Gasteiger partial charge is 0.289 e. The number of benzene rings is 4. The summed E-state index contributed by atoms with van der Waals surface area (Å²) in [6, 6.07) is 34.3. The monoisotopic (exact) mass is 348 g/mol. The van der Waals surface area contributed by atoms with Gasteiger partial charge in [-0.3, -0.25) is 4.79 Å². The van der Waals surface area contributed by atoms with Crippen molar-refractivity contribution in [3.8, 4) is 22.3 Å². The third-order valence-electron chi connectivity index (χ3n) is 4.72. The summed E-state index contributed by atoms with van der Waals surface area (Å²) < 4.78 is 0. The SMILES string of the molecule is Cc1ccc(C(=O)c2cc(-c3ccccc3)cc(-c3ccccc3)c2)cc1. The van der Waals surface area contributed by atoms with Crippen LogP contribution in [0, 0.1) is 6.92 Å². The third kappa shape index (κ3) is 3.73. The van der Waals surface area contributed by atoms with E-state index in [2.05, 4.69) is 30.3 Å². The van der Waals surface area contributed by atoms with E-state index in [4.69, 9.17) is 0 Å². The van der Waals surface area contributed by atoms with Gasteiger partial charge in [-0.05, 0) is 47.4 Å². The van der Waals surface area contributed by atoms with E-state index in [-0.39, 0.29) is 5.78 Å². The van der Waals surface area contributed by atoms with Crippen LogP contribution in [-0.2, 0) is 0 Å². The van der Waals surface area contributed by atoms with Gasteiger partial charge in [0.25, 0.3) is 0 Å². The molecule has 0 spiro atoms. The maximum Gasteiger partial charge on any atom is 0.193 e. The van der Waals surface area contributed by atoms with E-state index >= 15 is 0 Å². The molecular formula is C26H20O. The fourth-order valence-electron chi connectivity index (χ4n) is 3.22. The molecule has 4 rings (SSSR count). The van der Waals surface area contributed by atoms with Gasteiger partial charge in [0.1, 0.15) is 0 Å². The Labute approximate surface area is 159 Å². The van der Waals surface area contributed by atoms with Crippen molar-refractivity contribution >= 4 is 5.78 Å². The van der Waals surface area contributed by atoms with E-state index in [9.17, 15) is 4.79 Å². The average molecular weight is 348 g/mol. The lowest BCUT2D eigenvalue weighted by Gasteiger charge is -2.11. The highest BCUT2D eigenvalue weighted by atomic mass is 16.1. The van der Waals surface area contributed by atoms with Crippen molar-refractivity contribution in [3.05, 3.63) is 120 Å². The predicted molar refractivity (Wildman–Crippen MR) is 112 cm³/mol. The van der Waals surface area contributed by atoms with Crippen LogP contribution in [0.1, 0.15) is 21.5 Å². The van der Waals surface area contributed by atoms with Gasteiger partial charge in [0, 0.05) is 11.1 Å². The van der Waals surface area contributed by atoms with Crippen LogP contribution in [0.25, 0.3) is 22.3 Å². The zero-order chi connectivity index (χ0) is 18.6. The van der Waals surface area contributed by atoms with Crippen molar-refractivity contribution in [1.29, 1.82) is 0 Å². The molecule has 4 aromatic carbocycles. The van der Waals surface area contributed by atoms with E-state index in [0.717, 1.165) is 27.8 Å². The number of hydrogen-bond donors (Lipinski definition) is 0. The molecule has 4 aromatic rings. The Balaban J connectivity index is 1.85. The maximum atomic E-state index is 13.1. The van der Waals surface area contributed by atoms with Crippen LogP contribution in [0.2, 0.25) is 0 Å². The van der Waals surface area contributed by atoms with Crippen molar-refractivity contribution in [2.45, 2.75) is 6.92 Å². The molecule has 1 nitrogen and oxygen atoms in total. The molecule has 0 aromatic heterocycles. The smallest absolute Gasteiger partial charge is 0.193 e. The Morgan fingerprint density at radius 3 is 1.48 bits per heavy atom. The van der Waals surface area contributed by atoms with Crippen LogP contribution < -0.4 is 0 Å². The first-order valence-corrected chi connectivity index (χ1v) is 9.08. The van der Waals surface area contributed by atoms with Crippen LogP contribution in [-0.4, -0.2) is 5.78 Å². The lowest BCUT2D eigenvalue weighted by Crippen LogP contribution is -2.02. The minimum absolute atomic E-state index is 0.0463. The lowest BCUT2D eigenvalue weighted by atomic mass is 9.93. The second kappa shape index (κ2) is 7.43. The van der Waals surface area contributed by atoms with E-state index in [1.165, 1.54) is 0 Å². The molecule has 130 valence electrons. The first kappa shape index (κ1) is 17.0. The zero-order valence-corrected chi connectivity index (χ0v) is 15.2. The zero-order valence-electron chi connectivity index (χ0n) is 15.2. The van der Waals surface area contributed by atoms with Crippen molar-refractivity contribution in [2.75, 3.05) is 0 Å². The van der Waals surface area contributed by atoms with Crippen molar-refractivity contribution in [3.63, 3.8) is 0 Å². The predicted octanol–water partition coefficient (Wildman–Crippen LogP) is 6.56. The number of carbonyl (C=O) groups is 1. The molecule has 0 heterocycles. The van der Waals surface area contributed by atoms with Crippen LogP contribution in [0.15, 0.2) is 103 Å². The Bertz CT molecular complexity index is 1000. The Morgan fingerprint density at radius 2 is 1.00 bits per heavy atom. The molecule has 0 bridgehead atoms. The Morgan fingerprint density at radius 1 is 0.519 bits per heavy atom. The third-order valence-corrected chi connectivity index (χ3v) is 4.72. The molecular weight excluding hydrogens is 328 g/mol. The Kier molecular flexibility index (Phi) is 4.67. The summed E-state index contributed by atoms with van der Waals surface area (Å²) in [5.41, 5.74) is 6.87. The minimum Gasteiger partial charge on any atom is -0.289 e. The van der Waals surface area contributed by atoms with Gasteiger partial charge in [-0.25, -0.2) is 0 Å². The number of ketones is 1. The van der Waals surface area contributed by atoms with E-state index in [1.54, 1.807) is 0 Å². The number of rotatable bonds is 4. The highest BCUT2D eigenvalue weighted by molar-refractivity contribution is 6.10. The van der Waals surface area contributed by atoms with Gasteiger partial charge in [-0.15, -0.1) is 0 Å². The topological polar surface area (TPSA) is 17.1 Å². The fourth-order valence-corrected chi connectivity index (χ4v) is 3.22. The second-order valence-electron chi connectivity index (χ2n) is 6.73. The minimum atomic E-state index is 0.0463. The molecule has 0 saturated heterocycles. The van der Waals surface area contributed by atoms with Gasteiger partial charge < -0.3 is 0 Å². The summed E-state index contributed by atoms with van der Waals surface area (Å²) in [7, 11) is 0. The highest BCUT2D eigenvalue weighted by Crippen LogP contribution is 2.29. The average Bonchev–Trinajstić information content (AvgIpc) is 2.75. The molecule has 0 aliphatic carbocycles. The standard InChI is InChI=1S/C26H20O/c1-19-12-14-22(15-13-19)26(27)25-17-23(20-8-4-2-5-9-20)16-24(18-25)21-10-6-3-7-11-21/h2-18H,1H3. The van der Waals surface area contributed by atoms with E-state index in [0.29, 0.717) is 11.1 Å². The fraction of sp³-hybridized carbons (Fsp3) is 0.0385. The summed E-state index contributed by atoms with van der Waals surface area (Å²) in [5.74, 6) is 0.0463. The Hall–Kier alpha value is -3.45. The molecule has 0 amide bonds. The summed E-state index contributed by atoms with van der Waals surface area (Å²) >= 11 is 0. The van der Waals surface area contributed by atoms with Gasteiger partial charge in [0.05, 0.1) is 0 Å². The molecule has 27 heavy (non-hydrogen) atoms. The van der Waals surface area contributed by atoms with E-state index < -0.39 is 0 Å². The van der Waals surface area contributed by atoms with Crippen LogP contribution in [0.5, 0.6) is 0 Å². The van der Waals surface area contributed by atoms with Crippen LogP contribution in [0.3, 0.4) is 0 Å². The quantitative estimate of drug-likeness (QED) is 0.382. The molecule has 0 N–H and O–H groups in total. The summed E-state index contributed by atoms with van der Waals surface area (Å²) in [6.45, 7) is 2.03.